The van der Waals surface area contributed by atoms with Gasteiger partial charge in [-0.25, -0.2) is 4.39 Å². The topological polar surface area (TPSA) is 55.2 Å². The van der Waals surface area contributed by atoms with Crippen LogP contribution in [-0.2, 0) is 6.54 Å². The molecule has 0 heterocycles. The van der Waals surface area contributed by atoms with Crippen LogP contribution in [0, 0.1) is 15.9 Å². The summed E-state index contributed by atoms with van der Waals surface area (Å²) in [6.45, 7) is 0.264. The molecule has 0 amide bonds. The molecular weight excluding hydrogens is 315 g/mol. The van der Waals surface area contributed by atoms with Crippen molar-refractivity contribution in [3.05, 3.63) is 68.4 Å². The molecule has 2 aromatic carbocycles. The van der Waals surface area contributed by atoms with Crippen molar-refractivity contribution in [2.75, 3.05) is 5.32 Å². The lowest BCUT2D eigenvalue weighted by Gasteiger charge is -2.07. The molecule has 0 radical (unpaired) electrons. The van der Waals surface area contributed by atoms with Crippen molar-refractivity contribution in [1.29, 1.82) is 0 Å². The van der Waals surface area contributed by atoms with E-state index in [2.05, 4.69) is 21.2 Å². The van der Waals surface area contributed by atoms with E-state index in [0.717, 1.165) is 0 Å². The van der Waals surface area contributed by atoms with Crippen molar-refractivity contribution in [3.8, 4) is 0 Å². The Morgan fingerprint density at radius 2 is 2.05 bits per heavy atom. The Kier molecular flexibility index (Phi) is 4.11. The zero-order valence-electron chi connectivity index (χ0n) is 9.77. The first-order valence-electron chi connectivity index (χ1n) is 5.48. The summed E-state index contributed by atoms with van der Waals surface area (Å²) in [4.78, 5) is 10.2. The second-order valence-electron chi connectivity index (χ2n) is 3.90. The van der Waals surface area contributed by atoms with Crippen LogP contribution in [0.1, 0.15) is 5.56 Å². The van der Waals surface area contributed by atoms with E-state index in [9.17, 15) is 14.5 Å². The molecule has 2 aromatic rings. The highest BCUT2D eigenvalue weighted by atomic mass is 79.9. The summed E-state index contributed by atoms with van der Waals surface area (Å²) in [5.41, 5.74) is 1.08. The molecule has 0 aliphatic carbocycles. The number of non-ortho nitro benzene ring substituents is 1. The number of nitrogens with one attached hydrogen (secondary N) is 1. The van der Waals surface area contributed by atoms with Gasteiger partial charge in [0.1, 0.15) is 5.82 Å². The van der Waals surface area contributed by atoms with Gasteiger partial charge in [0.2, 0.25) is 0 Å². The average molecular weight is 325 g/mol. The fourth-order valence-corrected chi connectivity index (χ4v) is 1.92. The molecule has 0 saturated carbocycles. The quantitative estimate of drug-likeness (QED) is 0.680. The molecule has 0 saturated heterocycles. The summed E-state index contributed by atoms with van der Waals surface area (Å²) >= 11 is 3.18. The van der Waals surface area contributed by atoms with Crippen molar-refractivity contribution in [2.45, 2.75) is 6.54 Å². The maximum Gasteiger partial charge on any atom is 0.271 e. The number of benzene rings is 2. The Hall–Kier alpha value is -1.95. The molecule has 2 rings (SSSR count). The summed E-state index contributed by atoms with van der Waals surface area (Å²) in [7, 11) is 0. The lowest BCUT2D eigenvalue weighted by molar-refractivity contribution is -0.384. The molecule has 0 fully saturated rings. The minimum atomic E-state index is -0.467. The molecule has 0 aromatic heterocycles. The molecule has 4 nitrogen and oxygen atoms in total. The fourth-order valence-electron chi connectivity index (χ4n) is 1.59. The number of hydrogen-bond acceptors (Lipinski definition) is 3. The first kappa shape index (κ1) is 13.5. The molecule has 0 unspecified atom stereocenters. The first-order chi connectivity index (χ1) is 9.06. The van der Waals surface area contributed by atoms with E-state index in [-0.39, 0.29) is 18.0 Å². The Bertz CT molecular complexity index is 619. The van der Waals surface area contributed by atoms with Gasteiger partial charge in [-0.2, -0.15) is 0 Å². The standard InChI is InChI=1S/C13H10BrFN2O2/c14-10-5-4-9(13(15)6-10)8-16-11-2-1-3-12(7-11)17(18)19/h1-7,16H,8H2. The summed E-state index contributed by atoms with van der Waals surface area (Å²) in [6, 6.07) is 10.9. The van der Waals surface area contributed by atoms with Gasteiger partial charge < -0.3 is 5.32 Å². The Balaban J connectivity index is 2.10. The highest BCUT2D eigenvalue weighted by Crippen LogP contribution is 2.19. The summed E-state index contributed by atoms with van der Waals surface area (Å²) in [5, 5.41) is 13.6. The number of nitrogens with zero attached hydrogens (tertiary/aromatic N) is 1. The number of nitro benzene ring substituents is 1. The largest absolute Gasteiger partial charge is 0.381 e. The minimum absolute atomic E-state index is 0.00118. The number of anilines is 1. The van der Waals surface area contributed by atoms with Crippen molar-refractivity contribution in [1.82, 2.24) is 0 Å². The van der Waals surface area contributed by atoms with E-state index in [1.165, 1.54) is 18.2 Å². The Labute approximate surface area is 117 Å². The molecule has 1 N–H and O–H groups in total. The third kappa shape index (κ3) is 3.51. The van der Waals surface area contributed by atoms with E-state index in [4.69, 9.17) is 0 Å². The zero-order valence-corrected chi connectivity index (χ0v) is 11.4. The molecule has 0 spiro atoms. The average Bonchev–Trinajstić information content (AvgIpc) is 2.38. The lowest BCUT2D eigenvalue weighted by Crippen LogP contribution is -2.02. The minimum Gasteiger partial charge on any atom is -0.381 e. The van der Waals surface area contributed by atoms with Crippen LogP contribution < -0.4 is 5.32 Å². The van der Waals surface area contributed by atoms with Gasteiger partial charge in [0.05, 0.1) is 4.92 Å². The van der Waals surface area contributed by atoms with Gasteiger partial charge in [0.25, 0.3) is 5.69 Å². The predicted molar refractivity (Wildman–Crippen MR) is 74.5 cm³/mol. The van der Waals surface area contributed by atoms with Gasteiger partial charge in [0.15, 0.2) is 0 Å². The molecule has 0 atom stereocenters. The van der Waals surface area contributed by atoms with Gasteiger partial charge in [-0.05, 0) is 18.2 Å². The smallest absolute Gasteiger partial charge is 0.271 e. The van der Waals surface area contributed by atoms with Crippen LogP contribution in [-0.4, -0.2) is 4.92 Å². The second kappa shape index (κ2) is 5.79. The fraction of sp³-hybridized carbons (Fsp3) is 0.0769. The van der Waals surface area contributed by atoms with Crippen LogP contribution in [0.5, 0.6) is 0 Å². The van der Waals surface area contributed by atoms with E-state index in [1.54, 1.807) is 24.3 Å². The highest BCUT2D eigenvalue weighted by molar-refractivity contribution is 9.10. The third-order valence-electron chi connectivity index (χ3n) is 2.56. The summed E-state index contributed by atoms with van der Waals surface area (Å²) < 4.78 is 14.3. The van der Waals surface area contributed by atoms with E-state index >= 15 is 0 Å². The van der Waals surface area contributed by atoms with Crippen molar-refractivity contribution < 1.29 is 9.31 Å². The SMILES string of the molecule is O=[N+]([O-])c1cccc(NCc2ccc(Br)cc2F)c1. The van der Waals surface area contributed by atoms with Crippen molar-refractivity contribution in [3.63, 3.8) is 0 Å². The molecule has 98 valence electrons. The number of rotatable bonds is 4. The van der Waals surface area contributed by atoms with Crippen molar-refractivity contribution in [2.24, 2.45) is 0 Å². The van der Waals surface area contributed by atoms with Crippen LogP contribution in [0.4, 0.5) is 15.8 Å². The summed E-state index contributed by atoms with van der Waals surface area (Å²) in [6.07, 6.45) is 0. The second-order valence-corrected chi connectivity index (χ2v) is 4.81. The molecule has 0 bridgehead atoms. The monoisotopic (exact) mass is 324 g/mol. The molecule has 0 aliphatic heterocycles. The number of halogens is 2. The maximum absolute atomic E-state index is 13.6. The third-order valence-corrected chi connectivity index (χ3v) is 3.05. The Morgan fingerprint density at radius 3 is 2.74 bits per heavy atom. The van der Waals surface area contributed by atoms with Gasteiger partial charge in [-0.3, -0.25) is 10.1 Å². The number of nitro groups is 1. The molecule has 19 heavy (non-hydrogen) atoms. The summed E-state index contributed by atoms with van der Waals surface area (Å²) in [5.74, 6) is -0.327. The normalized spacial score (nSPS) is 10.2. The molecule has 0 aliphatic rings. The van der Waals surface area contributed by atoms with Gasteiger partial charge in [-0.1, -0.05) is 28.1 Å². The maximum atomic E-state index is 13.6. The van der Waals surface area contributed by atoms with Crippen LogP contribution in [0.25, 0.3) is 0 Å². The van der Waals surface area contributed by atoms with Crippen molar-refractivity contribution >= 4 is 27.3 Å². The highest BCUT2D eigenvalue weighted by Gasteiger charge is 2.06. The van der Waals surface area contributed by atoms with E-state index in [1.807, 2.05) is 0 Å². The van der Waals surface area contributed by atoms with Crippen LogP contribution in [0.3, 0.4) is 0 Å². The molecule has 6 heteroatoms. The van der Waals surface area contributed by atoms with Crippen LogP contribution in [0.2, 0.25) is 0 Å². The number of hydrogen-bond donors (Lipinski definition) is 1. The van der Waals surface area contributed by atoms with Gasteiger partial charge in [-0.15, -0.1) is 0 Å². The van der Waals surface area contributed by atoms with E-state index < -0.39 is 4.92 Å². The Morgan fingerprint density at radius 1 is 1.26 bits per heavy atom. The van der Waals surface area contributed by atoms with Crippen LogP contribution in [0.15, 0.2) is 46.9 Å². The molecular formula is C13H10BrFN2O2. The first-order valence-corrected chi connectivity index (χ1v) is 6.28. The van der Waals surface area contributed by atoms with Crippen LogP contribution >= 0.6 is 15.9 Å². The van der Waals surface area contributed by atoms with Gasteiger partial charge >= 0.3 is 0 Å². The zero-order chi connectivity index (χ0) is 13.8. The van der Waals surface area contributed by atoms with Gasteiger partial charge in [0, 0.05) is 34.4 Å². The van der Waals surface area contributed by atoms with E-state index in [0.29, 0.717) is 15.7 Å². The lowest BCUT2D eigenvalue weighted by atomic mass is 10.2. The predicted octanol–water partition coefficient (Wildman–Crippen LogP) is 4.11.